The first-order chi connectivity index (χ1) is 24.9. The van der Waals surface area contributed by atoms with Crippen LogP contribution in [0.3, 0.4) is 0 Å². The van der Waals surface area contributed by atoms with Crippen molar-refractivity contribution in [3.63, 3.8) is 0 Å². The molecule has 5 aromatic rings. The van der Waals surface area contributed by atoms with Gasteiger partial charge in [0.1, 0.15) is 18.1 Å². The van der Waals surface area contributed by atoms with E-state index in [9.17, 15) is 4.79 Å². The molecule has 3 aromatic carbocycles. The lowest BCUT2D eigenvalue weighted by atomic mass is 10.1. The number of rotatable bonds is 14. The van der Waals surface area contributed by atoms with Crippen molar-refractivity contribution in [3.8, 4) is 17.4 Å². The van der Waals surface area contributed by atoms with E-state index in [0.717, 1.165) is 54.1 Å². The molecule has 1 fully saturated rings. The average Bonchev–Trinajstić information content (AvgIpc) is 3.15. The maximum Gasteiger partial charge on any atom is 0.246 e. The number of hydrogen-bond acceptors (Lipinski definition) is 7. The van der Waals surface area contributed by atoms with Crippen molar-refractivity contribution < 1.29 is 19.0 Å². The molecule has 1 aliphatic heterocycles. The quantitative estimate of drug-likeness (QED) is 0.0871. The average molecular weight is 683 g/mol. The Balaban J connectivity index is 0.918. The van der Waals surface area contributed by atoms with Gasteiger partial charge in [0, 0.05) is 57.3 Å². The minimum absolute atomic E-state index is 0.0367. The van der Waals surface area contributed by atoms with E-state index in [1.54, 1.807) is 30.7 Å². The number of ether oxygens (including phenoxy) is 3. The fourth-order valence-corrected chi connectivity index (χ4v) is 6.04. The Hall–Kier alpha value is -5.31. The normalized spacial score (nSPS) is 13.4. The minimum atomic E-state index is 0.0367. The predicted molar refractivity (Wildman–Crippen MR) is 201 cm³/mol. The van der Waals surface area contributed by atoms with Gasteiger partial charge in [-0.3, -0.25) is 14.7 Å². The monoisotopic (exact) mass is 682 g/mol. The van der Waals surface area contributed by atoms with Gasteiger partial charge in [0.2, 0.25) is 11.8 Å². The molecule has 0 bridgehead atoms. The number of nitrogens with zero attached hydrogens (tertiary/aromatic N) is 4. The third-order valence-corrected chi connectivity index (χ3v) is 9.01. The van der Waals surface area contributed by atoms with Crippen molar-refractivity contribution in [1.82, 2.24) is 19.8 Å². The minimum Gasteiger partial charge on any atom is -0.487 e. The molecule has 8 nitrogen and oxygen atoms in total. The molecule has 51 heavy (non-hydrogen) atoms. The number of piperazine rings is 1. The van der Waals surface area contributed by atoms with Crippen molar-refractivity contribution in [2.24, 2.45) is 0 Å². The van der Waals surface area contributed by atoms with E-state index in [1.807, 2.05) is 55.2 Å². The number of aromatic nitrogens is 2. The van der Waals surface area contributed by atoms with Gasteiger partial charge in [0.25, 0.3) is 0 Å². The highest BCUT2D eigenvalue weighted by molar-refractivity contribution is 5.92. The van der Waals surface area contributed by atoms with Crippen LogP contribution in [0.1, 0.15) is 44.5 Å². The van der Waals surface area contributed by atoms with Crippen LogP contribution in [0.15, 0.2) is 110 Å². The van der Waals surface area contributed by atoms with Crippen LogP contribution in [0.4, 0.5) is 0 Å². The molecule has 0 radical (unpaired) electrons. The maximum absolute atomic E-state index is 13.1. The Kier molecular flexibility index (Phi) is 12.2. The fraction of sp³-hybridized carbons (Fsp3) is 0.279. The van der Waals surface area contributed by atoms with E-state index in [4.69, 9.17) is 14.2 Å². The number of benzene rings is 3. The molecule has 0 atom stereocenters. The first-order valence-electron chi connectivity index (χ1n) is 17.6. The molecule has 0 aliphatic carbocycles. The highest BCUT2D eigenvalue weighted by Crippen LogP contribution is 2.30. The van der Waals surface area contributed by atoms with Crippen molar-refractivity contribution in [3.05, 3.63) is 154 Å². The highest BCUT2D eigenvalue weighted by atomic mass is 16.5. The standard InChI is InChI=1S/C43H46N4O4/c1-32-4-6-37(7-5-32)30-49-25-18-35-8-10-36(11-9-35)29-46-21-23-47(24-22-46)42(48)15-12-39-26-33(2)43(34(3)27-39)51-41-14-13-40(28-45-41)50-31-38-16-19-44-20-17-38/h4-17,19-20,26-28H,18,21-25,29-31H2,1-3H3. The largest absolute Gasteiger partial charge is 0.487 e. The molecule has 1 amide bonds. The number of carbonyl (C=O) groups excluding carboxylic acids is 1. The molecular formula is C43H46N4O4. The SMILES string of the molecule is Cc1ccc(COCCc2ccc(CN3CCN(C(=O)C=Cc4cc(C)c(Oc5ccc(OCc6ccncc6)cn5)c(C)c4)CC3)cc2)cc1. The van der Waals surface area contributed by atoms with Crippen LogP contribution in [-0.2, 0) is 35.7 Å². The Bertz CT molecular complexity index is 1860. The van der Waals surface area contributed by atoms with Gasteiger partial charge in [-0.2, -0.15) is 0 Å². The van der Waals surface area contributed by atoms with Gasteiger partial charge < -0.3 is 19.1 Å². The van der Waals surface area contributed by atoms with E-state index in [2.05, 4.69) is 70.3 Å². The summed E-state index contributed by atoms with van der Waals surface area (Å²) in [5.74, 6) is 1.94. The second-order valence-corrected chi connectivity index (χ2v) is 13.1. The molecule has 262 valence electrons. The Labute approximate surface area is 301 Å². The van der Waals surface area contributed by atoms with Crippen molar-refractivity contribution >= 4 is 12.0 Å². The molecule has 6 rings (SSSR count). The molecule has 0 unspecified atom stereocenters. The summed E-state index contributed by atoms with van der Waals surface area (Å²) < 4.78 is 17.8. The summed E-state index contributed by atoms with van der Waals surface area (Å²) >= 11 is 0. The molecule has 1 saturated heterocycles. The first-order valence-corrected chi connectivity index (χ1v) is 17.6. The summed E-state index contributed by atoms with van der Waals surface area (Å²) in [6.45, 7) is 11.9. The molecular weight excluding hydrogens is 636 g/mol. The van der Waals surface area contributed by atoms with Gasteiger partial charge in [0.15, 0.2) is 0 Å². The van der Waals surface area contributed by atoms with Gasteiger partial charge >= 0.3 is 0 Å². The van der Waals surface area contributed by atoms with Gasteiger partial charge in [-0.25, -0.2) is 4.98 Å². The topological polar surface area (TPSA) is 77.0 Å². The fourth-order valence-electron chi connectivity index (χ4n) is 6.04. The number of hydrogen-bond donors (Lipinski definition) is 0. The summed E-state index contributed by atoms with van der Waals surface area (Å²) in [6.07, 6.45) is 9.62. The third-order valence-electron chi connectivity index (χ3n) is 9.01. The van der Waals surface area contributed by atoms with Crippen molar-refractivity contribution in [2.45, 2.75) is 47.0 Å². The van der Waals surface area contributed by atoms with Crippen LogP contribution in [0.5, 0.6) is 17.4 Å². The van der Waals surface area contributed by atoms with Crippen LogP contribution in [0, 0.1) is 20.8 Å². The lowest BCUT2D eigenvalue weighted by Gasteiger charge is -2.34. The predicted octanol–water partition coefficient (Wildman–Crippen LogP) is 7.89. The highest BCUT2D eigenvalue weighted by Gasteiger charge is 2.20. The smallest absolute Gasteiger partial charge is 0.246 e. The number of aryl methyl sites for hydroxylation is 3. The molecule has 2 aromatic heterocycles. The van der Waals surface area contributed by atoms with Crippen LogP contribution in [0.25, 0.3) is 6.08 Å². The lowest BCUT2D eigenvalue weighted by Crippen LogP contribution is -2.47. The van der Waals surface area contributed by atoms with Gasteiger partial charge in [-0.1, -0.05) is 54.1 Å². The van der Waals surface area contributed by atoms with Crippen molar-refractivity contribution in [2.75, 3.05) is 32.8 Å². The summed E-state index contributed by atoms with van der Waals surface area (Å²) in [5.41, 5.74) is 8.97. The zero-order valence-corrected chi connectivity index (χ0v) is 29.8. The number of carbonyl (C=O) groups is 1. The van der Waals surface area contributed by atoms with Crippen molar-refractivity contribution in [1.29, 1.82) is 0 Å². The van der Waals surface area contributed by atoms with E-state index in [0.29, 0.717) is 44.5 Å². The molecule has 8 heteroatoms. The van der Waals surface area contributed by atoms with Gasteiger partial charge in [-0.15, -0.1) is 0 Å². The summed E-state index contributed by atoms with van der Waals surface area (Å²) in [7, 11) is 0. The first kappa shape index (κ1) is 35.5. The molecule has 0 saturated carbocycles. The number of amides is 1. The molecule has 3 heterocycles. The Morgan fingerprint density at radius 3 is 2.12 bits per heavy atom. The van der Waals surface area contributed by atoms with E-state index in [-0.39, 0.29) is 5.91 Å². The van der Waals surface area contributed by atoms with Crippen LogP contribution in [0.2, 0.25) is 0 Å². The van der Waals surface area contributed by atoms with Crippen LogP contribution in [-0.4, -0.2) is 58.5 Å². The lowest BCUT2D eigenvalue weighted by molar-refractivity contribution is -0.127. The number of pyridine rings is 2. The maximum atomic E-state index is 13.1. The summed E-state index contributed by atoms with van der Waals surface area (Å²) in [4.78, 5) is 25.9. The van der Waals surface area contributed by atoms with E-state index < -0.39 is 0 Å². The molecule has 1 aliphatic rings. The Morgan fingerprint density at radius 2 is 1.43 bits per heavy atom. The van der Waals surface area contributed by atoms with Gasteiger partial charge in [-0.05, 0) is 103 Å². The zero-order chi connectivity index (χ0) is 35.4. The summed E-state index contributed by atoms with van der Waals surface area (Å²) in [6, 6.07) is 28.9. The van der Waals surface area contributed by atoms with Crippen LogP contribution < -0.4 is 9.47 Å². The Morgan fingerprint density at radius 1 is 0.765 bits per heavy atom. The summed E-state index contributed by atoms with van der Waals surface area (Å²) in [5, 5.41) is 0. The second kappa shape index (κ2) is 17.6. The molecule has 0 spiro atoms. The van der Waals surface area contributed by atoms with E-state index >= 15 is 0 Å². The van der Waals surface area contributed by atoms with E-state index in [1.165, 1.54) is 22.3 Å². The molecule has 0 N–H and O–H groups in total. The van der Waals surface area contributed by atoms with Gasteiger partial charge in [0.05, 0.1) is 19.4 Å². The van der Waals surface area contributed by atoms with Crippen LogP contribution >= 0.6 is 0 Å². The second-order valence-electron chi connectivity index (χ2n) is 13.1. The third kappa shape index (κ3) is 10.6. The zero-order valence-electron chi connectivity index (χ0n) is 29.8.